The van der Waals surface area contributed by atoms with E-state index in [1.54, 1.807) is 30.3 Å². The number of rotatable bonds is 7. The van der Waals surface area contributed by atoms with Crippen LogP contribution in [0.15, 0.2) is 30.3 Å². The number of amides is 3. The van der Waals surface area contributed by atoms with Gasteiger partial charge in [0.2, 0.25) is 5.91 Å². The average molecular weight is 472 g/mol. The molecule has 2 N–H and O–H groups in total. The summed E-state index contributed by atoms with van der Waals surface area (Å²) in [4.78, 5) is 38.9. The second-order valence-electron chi connectivity index (χ2n) is 6.34. The Hall–Kier alpha value is -2.17. The minimum atomic E-state index is -0.928. The number of morpholine rings is 1. The third-order valence-corrected chi connectivity index (χ3v) is 5.78. The number of anilines is 2. The van der Waals surface area contributed by atoms with Gasteiger partial charge in [0.25, 0.3) is 11.8 Å². The number of carbonyl (C=O) groups excluding carboxylic acids is 3. The largest absolute Gasteiger partial charge is 0.382 e. The predicted octanol–water partition coefficient (Wildman–Crippen LogP) is 2.80. The van der Waals surface area contributed by atoms with Gasteiger partial charge in [-0.25, -0.2) is 0 Å². The minimum absolute atomic E-state index is 0.00264. The fourth-order valence-electron chi connectivity index (χ4n) is 2.82. The maximum atomic E-state index is 12.7. The maximum Gasteiger partial charge on any atom is 0.262 e. The molecule has 11 heteroatoms. The van der Waals surface area contributed by atoms with E-state index >= 15 is 0 Å². The van der Waals surface area contributed by atoms with E-state index in [2.05, 4.69) is 10.6 Å². The van der Waals surface area contributed by atoms with Crippen LogP contribution >= 0.6 is 34.5 Å². The van der Waals surface area contributed by atoms with Crippen molar-refractivity contribution in [2.45, 2.75) is 6.04 Å². The zero-order valence-corrected chi connectivity index (χ0v) is 18.3. The van der Waals surface area contributed by atoms with Gasteiger partial charge in [-0.1, -0.05) is 23.2 Å². The molecule has 0 aliphatic carbocycles. The molecule has 2 heterocycles. The second kappa shape index (κ2) is 10.2. The Morgan fingerprint density at radius 2 is 2.10 bits per heavy atom. The van der Waals surface area contributed by atoms with Gasteiger partial charge >= 0.3 is 0 Å². The molecule has 1 fully saturated rings. The molecule has 1 aromatic heterocycles. The van der Waals surface area contributed by atoms with Crippen LogP contribution in [-0.4, -0.2) is 57.2 Å². The van der Waals surface area contributed by atoms with Crippen LogP contribution in [0.25, 0.3) is 0 Å². The zero-order chi connectivity index (χ0) is 21.7. The molecule has 1 aliphatic heterocycles. The van der Waals surface area contributed by atoms with Gasteiger partial charge < -0.3 is 25.0 Å². The normalized spacial score (nSPS) is 15.0. The summed E-state index contributed by atoms with van der Waals surface area (Å²) in [5, 5.41) is 5.64. The molecular weight excluding hydrogens is 453 g/mol. The lowest BCUT2D eigenvalue weighted by atomic mass is 10.2. The van der Waals surface area contributed by atoms with E-state index in [0.717, 1.165) is 11.3 Å². The highest BCUT2D eigenvalue weighted by molar-refractivity contribution is 7.18. The Balaban J connectivity index is 1.68. The van der Waals surface area contributed by atoms with E-state index in [-0.39, 0.29) is 19.1 Å². The van der Waals surface area contributed by atoms with Crippen LogP contribution < -0.4 is 15.5 Å². The van der Waals surface area contributed by atoms with Gasteiger partial charge in [-0.05, 0) is 30.3 Å². The predicted molar refractivity (Wildman–Crippen MR) is 116 cm³/mol. The van der Waals surface area contributed by atoms with Crippen molar-refractivity contribution in [2.75, 3.05) is 43.7 Å². The van der Waals surface area contributed by atoms with Crippen molar-refractivity contribution in [3.8, 4) is 0 Å². The molecule has 1 unspecified atom stereocenters. The Kier molecular flexibility index (Phi) is 7.68. The molecule has 0 radical (unpaired) electrons. The molecule has 0 bridgehead atoms. The summed E-state index contributed by atoms with van der Waals surface area (Å²) in [5.74, 6) is -1.08. The fraction of sp³-hybridized carbons (Fsp3) is 0.316. The van der Waals surface area contributed by atoms with Gasteiger partial charge in [0.05, 0.1) is 33.1 Å². The van der Waals surface area contributed by atoms with Crippen LogP contribution in [0.3, 0.4) is 0 Å². The third kappa shape index (κ3) is 5.50. The summed E-state index contributed by atoms with van der Waals surface area (Å²) in [6.07, 6.45) is 0. The average Bonchev–Trinajstić information content (AvgIpc) is 3.15. The molecule has 1 aliphatic rings. The van der Waals surface area contributed by atoms with Crippen LogP contribution in [-0.2, 0) is 19.1 Å². The number of nitrogens with zero attached hydrogens (tertiary/aromatic N) is 1. The Bertz CT molecular complexity index is 952. The van der Waals surface area contributed by atoms with Gasteiger partial charge in [0, 0.05) is 19.3 Å². The Morgan fingerprint density at radius 1 is 1.30 bits per heavy atom. The van der Waals surface area contributed by atoms with Crippen molar-refractivity contribution < 1.29 is 23.9 Å². The highest BCUT2D eigenvalue weighted by atomic mass is 35.5. The molecule has 8 nitrogen and oxygen atoms in total. The van der Waals surface area contributed by atoms with E-state index in [1.807, 2.05) is 0 Å². The highest BCUT2D eigenvalue weighted by Crippen LogP contribution is 2.30. The van der Waals surface area contributed by atoms with Crippen molar-refractivity contribution in [3.63, 3.8) is 0 Å². The number of thiophene rings is 1. The second-order valence-corrected chi connectivity index (χ2v) is 8.46. The Labute approximate surface area is 187 Å². The minimum Gasteiger partial charge on any atom is -0.382 e. The number of hydrogen-bond acceptors (Lipinski definition) is 6. The molecule has 3 amide bonds. The van der Waals surface area contributed by atoms with Gasteiger partial charge in [0.15, 0.2) is 0 Å². The molecule has 1 aromatic carbocycles. The van der Waals surface area contributed by atoms with Crippen molar-refractivity contribution in [3.05, 3.63) is 44.6 Å². The first-order valence-corrected chi connectivity index (χ1v) is 10.5. The van der Waals surface area contributed by atoms with Crippen LogP contribution in [0.1, 0.15) is 9.67 Å². The first-order valence-electron chi connectivity index (χ1n) is 8.92. The van der Waals surface area contributed by atoms with Crippen LogP contribution in [0.5, 0.6) is 0 Å². The summed E-state index contributed by atoms with van der Waals surface area (Å²) in [5.41, 5.74) is 0.961. The van der Waals surface area contributed by atoms with Crippen LogP contribution in [0, 0.1) is 0 Å². The van der Waals surface area contributed by atoms with Crippen molar-refractivity contribution in [2.24, 2.45) is 0 Å². The zero-order valence-electron chi connectivity index (χ0n) is 15.9. The van der Waals surface area contributed by atoms with E-state index in [4.69, 9.17) is 32.7 Å². The topological polar surface area (TPSA) is 97.0 Å². The SMILES string of the molecule is COCC(NC(=O)c1ccc(Cl)s1)C(=O)Nc1ccc(N2CCOCC2=O)c(Cl)c1. The maximum absolute atomic E-state index is 12.7. The molecular formula is C19H19Cl2N3O5S. The number of halogens is 2. The van der Waals surface area contributed by atoms with Crippen molar-refractivity contribution >= 4 is 63.6 Å². The summed E-state index contributed by atoms with van der Waals surface area (Å²) in [6.45, 7) is 0.806. The molecule has 160 valence electrons. The fourth-order valence-corrected chi connectivity index (χ4v) is 4.05. The number of hydrogen-bond donors (Lipinski definition) is 2. The van der Waals surface area contributed by atoms with E-state index in [9.17, 15) is 14.4 Å². The smallest absolute Gasteiger partial charge is 0.262 e. The van der Waals surface area contributed by atoms with Crippen LogP contribution in [0.2, 0.25) is 9.36 Å². The molecule has 0 spiro atoms. The van der Waals surface area contributed by atoms with Crippen molar-refractivity contribution in [1.82, 2.24) is 5.32 Å². The molecule has 30 heavy (non-hydrogen) atoms. The number of carbonyl (C=O) groups is 3. The quantitative estimate of drug-likeness (QED) is 0.646. The van der Waals surface area contributed by atoms with Crippen molar-refractivity contribution in [1.29, 1.82) is 0 Å². The van der Waals surface area contributed by atoms with Gasteiger partial charge in [-0.3, -0.25) is 14.4 Å². The monoisotopic (exact) mass is 471 g/mol. The molecule has 1 atom stereocenters. The Morgan fingerprint density at radius 3 is 2.73 bits per heavy atom. The molecule has 0 saturated carbocycles. The number of benzene rings is 1. The number of nitrogens with one attached hydrogen (secondary N) is 2. The first kappa shape index (κ1) is 22.5. The van der Waals surface area contributed by atoms with Gasteiger partial charge in [0.1, 0.15) is 12.6 Å². The summed E-state index contributed by atoms with van der Waals surface area (Å²) >= 11 is 13.3. The van der Waals surface area contributed by atoms with E-state index in [0.29, 0.717) is 38.8 Å². The lowest BCUT2D eigenvalue weighted by Gasteiger charge is -2.27. The lowest BCUT2D eigenvalue weighted by molar-refractivity contribution is -0.125. The number of methoxy groups -OCH3 is 1. The summed E-state index contributed by atoms with van der Waals surface area (Å²) in [6, 6.07) is 7.08. The third-order valence-electron chi connectivity index (χ3n) is 4.24. The summed E-state index contributed by atoms with van der Waals surface area (Å²) in [7, 11) is 1.43. The molecule has 3 rings (SSSR count). The van der Waals surface area contributed by atoms with Crippen LogP contribution in [0.4, 0.5) is 11.4 Å². The molecule has 1 saturated heterocycles. The van der Waals surface area contributed by atoms with Gasteiger partial charge in [-0.2, -0.15) is 0 Å². The summed E-state index contributed by atoms with van der Waals surface area (Å²) < 4.78 is 10.7. The number of ether oxygens (including phenoxy) is 2. The lowest BCUT2D eigenvalue weighted by Crippen LogP contribution is -2.46. The van der Waals surface area contributed by atoms with E-state index in [1.165, 1.54) is 12.0 Å². The highest BCUT2D eigenvalue weighted by Gasteiger charge is 2.24. The van der Waals surface area contributed by atoms with Gasteiger partial charge in [-0.15, -0.1) is 11.3 Å². The first-order chi connectivity index (χ1) is 14.4. The van der Waals surface area contributed by atoms with E-state index < -0.39 is 17.9 Å². The molecule has 2 aromatic rings. The standard InChI is InChI=1S/C19H19Cl2N3O5S/c1-28-9-13(23-19(27)15-4-5-16(21)30-15)18(26)22-11-2-3-14(12(20)8-11)24-6-7-29-10-17(24)25/h2-5,8,13H,6-7,9-10H2,1H3,(H,22,26)(H,23,27).